The predicted octanol–water partition coefficient (Wildman–Crippen LogP) is 4.68. The van der Waals surface area contributed by atoms with Gasteiger partial charge in [-0.1, -0.05) is 59.7 Å². The lowest BCUT2D eigenvalue weighted by molar-refractivity contribution is 0.281. The Morgan fingerprint density at radius 2 is 1.04 bits per heavy atom. The van der Waals surface area contributed by atoms with Gasteiger partial charge in [0.05, 0.1) is 6.61 Å². The van der Waals surface area contributed by atoms with Gasteiger partial charge in [-0.25, -0.2) is 0 Å². The summed E-state index contributed by atoms with van der Waals surface area (Å²) in [6.07, 6.45) is 1.31. The first-order valence-corrected chi connectivity index (χ1v) is 8.61. The third-order valence-electron chi connectivity index (χ3n) is 4.54. The maximum absolute atomic E-state index is 10.8. The molecule has 0 saturated carbocycles. The molecule has 0 radical (unpaired) electrons. The number of aliphatic hydroxyl groups excluding tert-OH is 1. The minimum Gasteiger partial charge on any atom is -0.507 e. The van der Waals surface area contributed by atoms with E-state index in [1.165, 1.54) is 11.1 Å². The van der Waals surface area contributed by atoms with Gasteiger partial charge in [0.25, 0.3) is 0 Å². The van der Waals surface area contributed by atoms with Crippen molar-refractivity contribution in [2.75, 3.05) is 0 Å². The SMILES string of the molecule is Cc1ccc(Cc2cc(CO)cc(Cc3ccc(C)cc3)c2O)cc1. The van der Waals surface area contributed by atoms with Crippen molar-refractivity contribution in [2.45, 2.75) is 33.3 Å². The van der Waals surface area contributed by atoms with Crippen LogP contribution in [0.15, 0.2) is 60.7 Å². The van der Waals surface area contributed by atoms with Gasteiger partial charge in [0.1, 0.15) is 5.75 Å². The molecule has 3 aromatic carbocycles. The molecule has 0 aliphatic carbocycles. The summed E-state index contributed by atoms with van der Waals surface area (Å²) in [4.78, 5) is 0. The van der Waals surface area contributed by atoms with Gasteiger partial charge in [0.15, 0.2) is 0 Å². The molecule has 0 unspecified atom stereocenters. The molecule has 0 bridgehead atoms. The van der Waals surface area contributed by atoms with Crippen LogP contribution in [0, 0.1) is 13.8 Å². The predicted molar refractivity (Wildman–Crippen MR) is 102 cm³/mol. The van der Waals surface area contributed by atoms with E-state index in [1.54, 1.807) is 0 Å². The lowest BCUT2D eigenvalue weighted by atomic mass is 9.94. The van der Waals surface area contributed by atoms with Crippen LogP contribution in [0.2, 0.25) is 0 Å². The fourth-order valence-electron chi connectivity index (χ4n) is 3.04. The van der Waals surface area contributed by atoms with Gasteiger partial charge in [0, 0.05) is 12.8 Å². The molecule has 0 atom stereocenters. The van der Waals surface area contributed by atoms with Gasteiger partial charge in [-0.05, 0) is 53.8 Å². The van der Waals surface area contributed by atoms with Gasteiger partial charge >= 0.3 is 0 Å². The Morgan fingerprint density at radius 1 is 0.640 bits per heavy atom. The lowest BCUT2D eigenvalue weighted by Gasteiger charge is -2.13. The quantitative estimate of drug-likeness (QED) is 0.712. The molecule has 3 aromatic rings. The summed E-state index contributed by atoms with van der Waals surface area (Å²) in [5, 5.41) is 20.4. The largest absolute Gasteiger partial charge is 0.507 e. The summed E-state index contributed by atoms with van der Waals surface area (Å²) >= 11 is 0. The molecule has 0 aromatic heterocycles. The summed E-state index contributed by atoms with van der Waals surface area (Å²) in [7, 11) is 0. The molecule has 0 aliphatic heterocycles. The normalized spacial score (nSPS) is 10.8. The van der Waals surface area contributed by atoms with Crippen LogP contribution in [-0.2, 0) is 19.4 Å². The number of aliphatic hydroxyl groups is 1. The highest BCUT2D eigenvalue weighted by Crippen LogP contribution is 2.29. The maximum atomic E-state index is 10.8. The van der Waals surface area contributed by atoms with Crippen molar-refractivity contribution in [3.05, 3.63) is 99.6 Å². The average molecular weight is 332 g/mol. The molecule has 0 fully saturated rings. The van der Waals surface area contributed by atoms with Crippen molar-refractivity contribution >= 4 is 0 Å². The Morgan fingerprint density at radius 3 is 1.40 bits per heavy atom. The van der Waals surface area contributed by atoms with Crippen molar-refractivity contribution < 1.29 is 10.2 Å². The second-order valence-corrected chi connectivity index (χ2v) is 6.75. The molecule has 0 aliphatic rings. The van der Waals surface area contributed by atoms with Crippen molar-refractivity contribution in [2.24, 2.45) is 0 Å². The highest BCUT2D eigenvalue weighted by molar-refractivity contribution is 5.48. The van der Waals surface area contributed by atoms with Crippen LogP contribution in [0.4, 0.5) is 0 Å². The summed E-state index contributed by atoms with van der Waals surface area (Å²) in [5.74, 6) is 0.332. The van der Waals surface area contributed by atoms with E-state index in [1.807, 2.05) is 12.1 Å². The van der Waals surface area contributed by atoms with E-state index < -0.39 is 0 Å². The third kappa shape index (κ3) is 4.28. The van der Waals surface area contributed by atoms with Crippen LogP contribution < -0.4 is 0 Å². The Bertz CT molecular complexity index is 778. The molecule has 2 heteroatoms. The topological polar surface area (TPSA) is 40.5 Å². The molecule has 0 amide bonds. The molecule has 0 heterocycles. The summed E-state index contributed by atoms with van der Waals surface area (Å²) in [6, 6.07) is 20.4. The van der Waals surface area contributed by atoms with Crippen molar-refractivity contribution in [1.82, 2.24) is 0 Å². The number of aromatic hydroxyl groups is 1. The standard InChI is InChI=1S/C23H24O2/c1-16-3-7-18(8-4-16)11-21-13-20(15-24)14-22(23(21)25)12-19-9-5-17(2)6-10-19/h3-10,13-14,24-25H,11-12,15H2,1-2H3. The fourth-order valence-corrected chi connectivity index (χ4v) is 3.04. The molecule has 3 rings (SSSR count). The number of phenols is 1. The molecule has 0 saturated heterocycles. The van der Waals surface area contributed by atoms with Gasteiger partial charge in [-0.15, -0.1) is 0 Å². The zero-order valence-electron chi connectivity index (χ0n) is 14.8. The second kappa shape index (κ2) is 7.54. The van der Waals surface area contributed by atoms with Crippen LogP contribution in [0.5, 0.6) is 5.75 Å². The van der Waals surface area contributed by atoms with Gasteiger partial charge in [-0.3, -0.25) is 0 Å². The Labute approximate surface area is 149 Å². The Balaban J connectivity index is 1.92. The first kappa shape index (κ1) is 17.2. The van der Waals surface area contributed by atoms with E-state index in [9.17, 15) is 10.2 Å². The zero-order valence-corrected chi connectivity index (χ0v) is 14.8. The van der Waals surface area contributed by atoms with Crippen LogP contribution in [0.3, 0.4) is 0 Å². The molecular formula is C23H24O2. The molecule has 2 N–H and O–H groups in total. The Kier molecular flexibility index (Phi) is 5.20. The number of hydrogen-bond acceptors (Lipinski definition) is 2. The van der Waals surface area contributed by atoms with Crippen molar-refractivity contribution in [3.8, 4) is 5.75 Å². The smallest absolute Gasteiger partial charge is 0.122 e. The monoisotopic (exact) mass is 332 g/mol. The lowest BCUT2D eigenvalue weighted by Crippen LogP contribution is -1.98. The van der Waals surface area contributed by atoms with Crippen molar-refractivity contribution in [3.63, 3.8) is 0 Å². The number of rotatable bonds is 5. The van der Waals surface area contributed by atoms with E-state index in [0.29, 0.717) is 18.6 Å². The van der Waals surface area contributed by atoms with E-state index in [2.05, 4.69) is 62.4 Å². The third-order valence-corrected chi connectivity index (χ3v) is 4.54. The molecule has 25 heavy (non-hydrogen) atoms. The number of benzene rings is 3. The zero-order chi connectivity index (χ0) is 17.8. The van der Waals surface area contributed by atoms with Crippen LogP contribution >= 0.6 is 0 Å². The maximum Gasteiger partial charge on any atom is 0.122 e. The summed E-state index contributed by atoms with van der Waals surface area (Å²) < 4.78 is 0. The van der Waals surface area contributed by atoms with Crippen LogP contribution in [0.25, 0.3) is 0 Å². The number of phenolic OH excluding ortho intramolecular Hbond substituents is 1. The first-order valence-electron chi connectivity index (χ1n) is 8.61. The fraction of sp³-hybridized carbons (Fsp3) is 0.217. The molecule has 0 spiro atoms. The highest BCUT2D eigenvalue weighted by atomic mass is 16.3. The van der Waals surface area contributed by atoms with E-state index >= 15 is 0 Å². The average Bonchev–Trinajstić information content (AvgIpc) is 2.62. The van der Waals surface area contributed by atoms with Crippen molar-refractivity contribution in [1.29, 1.82) is 0 Å². The van der Waals surface area contributed by atoms with E-state index in [0.717, 1.165) is 27.8 Å². The summed E-state index contributed by atoms with van der Waals surface area (Å²) in [6.45, 7) is 4.10. The second-order valence-electron chi connectivity index (χ2n) is 6.75. The van der Waals surface area contributed by atoms with Gasteiger partial charge < -0.3 is 10.2 Å². The molecular weight excluding hydrogens is 308 g/mol. The van der Waals surface area contributed by atoms with Crippen LogP contribution in [-0.4, -0.2) is 10.2 Å². The minimum absolute atomic E-state index is 0.0257. The Hall–Kier alpha value is -2.58. The van der Waals surface area contributed by atoms with Gasteiger partial charge in [-0.2, -0.15) is 0 Å². The van der Waals surface area contributed by atoms with Gasteiger partial charge in [0.2, 0.25) is 0 Å². The van der Waals surface area contributed by atoms with E-state index in [4.69, 9.17) is 0 Å². The molecule has 2 nitrogen and oxygen atoms in total. The number of hydrogen-bond donors (Lipinski definition) is 2. The summed E-state index contributed by atoms with van der Waals surface area (Å²) in [5.41, 5.74) is 7.29. The van der Waals surface area contributed by atoms with Crippen LogP contribution in [0.1, 0.15) is 38.9 Å². The van der Waals surface area contributed by atoms with E-state index in [-0.39, 0.29) is 6.61 Å². The minimum atomic E-state index is -0.0257. The molecule has 128 valence electrons. The first-order chi connectivity index (χ1) is 12.0. The highest BCUT2D eigenvalue weighted by Gasteiger charge is 2.11. The number of aryl methyl sites for hydroxylation is 2.